The number of halogens is 1. The molecule has 0 aromatic carbocycles. The van der Waals surface area contributed by atoms with Crippen molar-refractivity contribution in [2.75, 3.05) is 19.7 Å². The van der Waals surface area contributed by atoms with Gasteiger partial charge in [-0.3, -0.25) is 4.99 Å². The summed E-state index contributed by atoms with van der Waals surface area (Å²) in [7, 11) is 0. The number of hydrogen-bond acceptors (Lipinski definition) is 4. The van der Waals surface area contributed by atoms with E-state index < -0.39 is 0 Å². The van der Waals surface area contributed by atoms with E-state index in [2.05, 4.69) is 46.2 Å². The van der Waals surface area contributed by atoms with Gasteiger partial charge in [-0.05, 0) is 33.1 Å². The molecule has 1 aromatic heterocycles. The van der Waals surface area contributed by atoms with Crippen LogP contribution in [0, 0.1) is 5.41 Å². The molecule has 0 bridgehead atoms. The molecule has 0 amide bonds. The van der Waals surface area contributed by atoms with Crippen LogP contribution in [-0.2, 0) is 17.7 Å². The van der Waals surface area contributed by atoms with Crippen molar-refractivity contribution in [1.82, 2.24) is 25.4 Å². The van der Waals surface area contributed by atoms with Gasteiger partial charge in [-0.15, -0.1) is 34.2 Å². The van der Waals surface area contributed by atoms with Gasteiger partial charge in [-0.2, -0.15) is 0 Å². The topological polar surface area (TPSA) is 76.4 Å². The number of guanidine groups is 1. The Balaban J connectivity index is 0.00000261. The van der Waals surface area contributed by atoms with Gasteiger partial charge in [0.15, 0.2) is 5.96 Å². The molecular weight excluding hydrogens is 455 g/mol. The van der Waals surface area contributed by atoms with Crippen molar-refractivity contribution >= 4 is 29.9 Å². The summed E-state index contributed by atoms with van der Waals surface area (Å²) in [4.78, 5) is 4.79. The Hall–Kier alpha value is -0.900. The normalized spacial score (nSPS) is 23.7. The molecule has 2 saturated carbocycles. The van der Waals surface area contributed by atoms with Crippen LogP contribution in [0.3, 0.4) is 0 Å². The summed E-state index contributed by atoms with van der Waals surface area (Å²) in [5.41, 5.74) is 0.315. The van der Waals surface area contributed by atoms with E-state index in [1.54, 1.807) is 6.33 Å². The molecule has 2 fully saturated rings. The Morgan fingerprint density at radius 1 is 1.33 bits per heavy atom. The molecule has 27 heavy (non-hydrogen) atoms. The molecule has 1 heterocycles. The maximum atomic E-state index is 6.03. The van der Waals surface area contributed by atoms with Crippen molar-refractivity contribution in [3.8, 4) is 0 Å². The summed E-state index contributed by atoms with van der Waals surface area (Å²) < 4.78 is 8.11. The smallest absolute Gasteiger partial charge is 0.191 e. The molecule has 2 unspecified atom stereocenters. The van der Waals surface area contributed by atoms with Crippen LogP contribution in [0.2, 0.25) is 0 Å². The fraction of sp³-hybridized carbons (Fsp3) is 0.842. The van der Waals surface area contributed by atoms with Crippen LogP contribution in [0.4, 0.5) is 0 Å². The van der Waals surface area contributed by atoms with Gasteiger partial charge in [0, 0.05) is 37.6 Å². The van der Waals surface area contributed by atoms with Crippen molar-refractivity contribution in [2.24, 2.45) is 10.4 Å². The maximum absolute atomic E-state index is 6.03. The minimum Gasteiger partial charge on any atom is -0.378 e. The van der Waals surface area contributed by atoms with Crippen molar-refractivity contribution in [3.63, 3.8) is 0 Å². The van der Waals surface area contributed by atoms with Gasteiger partial charge in [0.2, 0.25) is 0 Å². The summed E-state index contributed by atoms with van der Waals surface area (Å²) in [6.45, 7) is 9.52. The molecule has 0 radical (unpaired) electrons. The third-order valence-electron chi connectivity index (χ3n) is 5.97. The number of aromatic nitrogens is 3. The Kier molecular flexibility index (Phi) is 8.78. The number of rotatable bonds is 8. The molecular formula is C19H35IN6O. The van der Waals surface area contributed by atoms with E-state index in [1.807, 2.05) is 0 Å². The fourth-order valence-electron chi connectivity index (χ4n) is 4.58. The third kappa shape index (κ3) is 4.93. The SMILES string of the molecule is CCNC(=NCCn1cnnc1CC)NC1CC(OCC)C12CCCC2.I. The molecule has 2 atom stereocenters. The lowest BCUT2D eigenvalue weighted by molar-refractivity contribution is -0.125. The number of nitrogens with zero attached hydrogens (tertiary/aromatic N) is 4. The van der Waals surface area contributed by atoms with Crippen LogP contribution in [0.15, 0.2) is 11.3 Å². The fourth-order valence-corrected chi connectivity index (χ4v) is 4.58. The van der Waals surface area contributed by atoms with Gasteiger partial charge >= 0.3 is 0 Å². The lowest BCUT2D eigenvalue weighted by atomic mass is 9.60. The van der Waals surface area contributed by atoms with E-state index >= 15 is 0 Å². The van der Waals surface area contributed by atoms with Gasteiger partial charge in [-0.1, -0.05) is 19.8 Å². The second-order valence-corrected chi connectivity index (χ2v) is 7.37. The second kappa shape index (κ2) is 10.6. The van der Waals surface area contributed by atoms with Crippen LogP contribution in [0.5, 0.6) is 0 Å². The van der Waals surface area contributed by atoms with E-state index in [4.69, 9.17) is 9.73 Å². The van der Waals surface area contributed by atoms with Gasteiger partial charge in [0.1, 0.15) is 12.2 Å². The van der Waals surface area contributed by atoms with Crippen molar-refractivity contribution in [3.05, 3.63) is 12.2 Å². The zero-order valence-electron chi connectivity index (χ0n) is 16.9. The quantitative estimate of drug-likeness (QED) is 0.333. The summed E-state index contributed by atoms with van der Waals surface area (Å²) in [6.07, 6.45) is 9.38. The average molecular weight is 490 g/mol. The monoisotopic (exact) mass is 490 g/mol. The Morgan fingerprint density at radius 2 is 2.11 bits per heavy atom. The van der Waals surface area contributed by atoms with Crippen molar-refractivity contribution < 1.29 is 4.74 Å². The molecule has 154 valence electrons. The highest BCUT2D eigenvalue weighted by molar-refractivity contribution is 14.0. The van der Waals surface area contributed by atoms with E-state index in [0.29, 0.717) is 17.6 Å². The first-order chi connectivity index (χ1) is 12.7. The molecule has 1 spiro atoms. The lowest BCUT2D eigenvalue weighted by Gasteiger charge is -2.54. The van der Waals surface area contributed by atoms with E-state index in [0.717, 1.165) is 50.9 Å². The second-order valence-electron chi connectivity index (χ2n) is 7.37. The number of nitrogens with one attached hydrogen (secondary N) is 2. The number of aliphatic imine (C=N–C) groups is 1. The zero-order chi connectivity index (χ0) is 18.4. The van der Waals surface area contributed by atoms with Gasteiger partial charge in [0.05, 0.1) is 12.6 Å². The highest BCUT2D eigenvalue weighted by atomic mass is 127. The van der Waals surface area contributed by atoms with Crippen LogP contribution in [0.1, 0.15) is 58.7 Å². The highest BCUT2D eigenvalue weighted by Crippen LogP contribution is 2.54. The first-order valence-electron chi connectivity index (χ1n) is 10.3. The molecule has 1 aromatic rings. The predicted octanol–water partition coefficient (Wildman–Crippen LogP) is 2.75. The summed E-state index contributed by atoms with van der Waals surface area (Å²) in [6, 6.07) is 0.473. The third-order valence-corrected chi connectivity index (χ3v) is 5.97. The molecule has 0 saturated heterocycles. The number of ether oxygens (including phenoxy) is 1. The molecule has 2 aliphatic rings. The largest absolute Gasteiger partial charge is 0.378 e. The minimum absolute atomic E-state index is 0. The molecule has 2 N–H and O–H groups in total. The lowest BCUT2D eigenvalue weighted by Crippen LogP contribution is -2.65. The number of hydrogen-bond donors (Lipinski definition) is 2. The number of aryl methyl sites for hydroxylation is 1. The van der Waals surface area contributed by atoms with Gasteiger partial charge in [0.25, 0.3) is 0 Å². The standard InChI is InChI=1S/C19H34N6O.HI/c1-4-17-24-22-14-25(17)12-11-21-18(20-5-2)23-15-13-16(26-6-3)19(15)9-7-8-10-19;/h14-16H,4-13H2,1-3H3,(H2,20,21,23);1H. The van der Waals surface area contributed by atoms with Crippen LogP contribution in [-0.4, -0.2) is 52.6 Å². The summed E-state index contributed by atoms with van der Waals surface area (Å²) in [5, 5.41) is 15.2. The van der Waals surface area contributed by atoms with Gasteiger partial charge < -0.3 is 19.9 Å². The van der Waals surface area contributed by atoms with E-state index in [1.165, 1.54) is 25.7 Å². The zero-order valence-corrected chi connectivity index (χ0v) is 19.2. The Labute approximate surface area is 180 Å². The van der Waals surface area contributed by atoms with Crippen molar-refractivity contribution in [1.29, 1.82) is 0 Å². The minimum atomic E-state index is 0. The summed E-state index contributed by atoms with van der Waals surface area (Å²) >= 11 is 0. The molecule has 8 heteroatoms. The Morgan fingerprint density at radius 3 is 2.78 bits per heavy atom. The molecule has 0 aliphatic heterocycles. The molecule has 7 nitrogen and oxygen atoms in total. The maximum Gasteiger partial charge on any atom is 0.191 e. The average Bonchev–Trinajstić information content (AvgIpc) is 3.31. The first kappa shape index (κ1) is 22.4. The predicted molar refractivity (Wildman–Crippen MR) is 119 cm³/mol. The summed E-state index contributed by atoms with van der Waals surface area (Å²) in [5.74, 6) is 1.94. The van der Waals surface area contributed by atoms with Crippen LogP contribution in [0.25, 0.3) is 0 Å². The van der Waals surface area contributed by atoms with Crippen LogP contribution < -0.4 is 10.6 Å². The Bertz CT molecular complexity index is 599. The highest BCUT2D eigenvalue weighted by Gasteiger charge is 2.56. The van der Waals surface area contributed by atoms with Crippen molar-refractivity contribution in [2.45, 2.75) is 78.0 Å². The molecule has 3 rings (SSSR count). The van der Waals surface area contributed by atoms with E-state index in [9.17, 15) is 0 Å². The first-order valence-corrected chi connectivity index (χ1v) is 10.3. The molecule has 2 aliphatic carbocycles. The van der Waals surface area contributed by atoms with E-state index in [-0.39, 0.29) is 24.0 Å². The van der Waals surface area contributed by atoms with Gasteiger partial charge in [-0.25, -0.2) is 0 Å². The van der Waals surface area contributed by atoms with Crippen LogP contribution >= 0.6 is 24.0 Å².